The fraction of sp³-hybridized carbons (Fsp3) is 0.909. The molecule has 0 aromatic rings. The minimum absolute atomic E-state index is 0.0375. The first-order chi connectivity index (χ1) is 5.92. The van der Waals surface area contributed by atoms with Crippen molar-refractivity contribution in [3.63, 3.8) is 0 Å². The molecule has 0 N–H and O–H groups in total. The highest BCUT2D eigenvalue weighted by Crippen LogP contribution is 2.51. The van der Waals surface area contributed by atoms with Gasteiger partial charge in [0, 0.05) is 12.5 Å². The number of ether oxygens (including phenoxy) is 1. The van der Waals surface area contributed by atoms with E-state index in [0.29, 0.717) is 5.78 Å². The van der Waals surface area contributed by atoms with Crippen molar-refractivity contribution in [1.82, 2.24) is 0 Å². The molecule has 1 fully saturated rings. The maximum atomic E-state index is 11.3. The highest BCUT2D eigenvalue weighted by Gasteiger charge is 2.47. The third-order valence-corrected chi connectivity index (χ3v) is 3.36. The molecule has 0 aromatic carbocycles. The van der Waals surface area contributed by atoms with Gasteiger partial charge in [0.1, 0.15) is 5.78 Å². The van der Waals surface area contributed by atoms with Crippen molar-refractivity contribution in [3.05, 3.63) is 0 Å². The van der Waals surface area contributed by atoms with Gasteiger partial charge in [0.05, 0.1) is 5.60 Å². The summed E-state index contributed by atoms with van der Waals surface area (Å²) in [5.74, 6) is 0.361. The van der Waals surface area contributed by atoms with Crippen LogP contribution in [0.5, 0.6) is 0 Å². The molecule has 0 atom stereocenters. The minimum Gasteiger partial charge on any atom is -0.379 e. The molecule has 0 spiro atoms. The van der Waals surface area contributed by atoms with Gasteiger partial charge in [0.25, 0.3) is 0 Å². The number of ketones is 1. The molecule has 0 radical (unpaired) electrons. The number of methoxy groups -OCH3 is 1. The predicted octanol–water partition coefficient (Wildman–Crippen LogP) is 2.56. The molecular formula is C11H20O2. The third kappa shape index (κ3) is 2.53. The van der Waals surface area contributed by atoms with Crippen LogP contribution in [0.3, 0.4) is 0 Å². The Morgan fingerprint density at radius 3 is 2.31 bits per heavy atom. The SMILES string of the molecule is COC(C)(C)CCC1(C(C)=O)CC1. The van der Waals surface area contributed by atoms with E-state index in [1.807, 2.05) is 0 Å². The molecule has 0 amide bonds. The number of Topliss-reactive ketones (excluding diaryl/α,β-unsaturated/α-hetero) is 1. The van der Waals surface area contributed by atoms with Crippen LogP contribution in [0.2, 0.25) is 0 Å². The van der Waals surface area contributed by atoms with Crippen molar-refractivity contribution in [2.24, 2.45) is 5.41 Å². The number of carbonyl (C=O) groups is 1. The Kier molecular flexibility index (Phi) is 2.81. The topological polar surface area (TPSA) is 26.3 Å². The quantitative estimate of drug-likeness (QED) is 0.656. The van der Waals surface area contributed by atoms with Crippen LogP contribution in [0.1, 0.15) is 46.5 Å². The van der Waals surface area contributed by atoms with Crippen LogP contribution in [0.25, 0.3) is 0 Å². The summed E-state index contributed by atoms with van der Waals surface area (Å²) < 4.78 is 5.33. The Morgan fingerprint density at radius 1 is 1.46 bits per heavy atom. The van der Waals surface area contributed by atoms with E-state index in [-0.39, 0.29) is 11.0 Å². The molecule has 1 aliphatic rings. The molecule has 0 aromatic heterocycles. The van der Waals surface area contributed by atoms with E-state index in [0.717, 1.165) is 25.7 Å². The van der Waals surface area contributed by atoms with Crippen LogP contribution in [0, 0.1) is 5.41 Å². The second-order valence-electron chi connectivity index (χ2n) is 4.80. The molecule has 0 bridgehead atoms. The Balaban J connectivity index is 2.39. The van der Waals surface area contributed by atoms with Crippen LogP contribution < -0.4 is 0 Å². The minimum atomic E-state index is -0.0783. The first-order valence-corrected chi connectivity index (χ1v) is 4.98. The second kappa shape index (κ2) is 3.41. The zero-order valence-corrected chi connectivity index (χ0v) is 9.14. The van der Waals surface area contributed by atoms with Gasteiger partial charge in [-0.3, -0.25) is 4.79 Å². The standard InChI is InChI=1S/C11H20O2/c1-9(12)11(7-8-11)6-5-10(2,3)13-4/h5-8H2,1-4H3. The second-order valence-corrected chi connectivity index (χ2v) is 4.80. The monoisotopic (exact) mass is 184 g/mol. The Bertz CT molecular complexity index is 202. The molecule has 0 saturated heterocycles. The molecular weight excluding hydrogens is 164 g/mol. The maximum absolute atomic E-state index is 11.3. The van der Waals surface area contributed by atoms with Gasteiger partial charge >= 0.3 is 0 Å². The average molecular weight is 184 g/mol. The largest absolute Gasteiger partial charge is 0.379 e. The molecule has 13 heavy (non-hydrogen) atoms. The maximum Gasteiger partial charge on any atom is 0.135 e. The first kappa shape index (κ1) is 10.7. The summed E-state index contributed by atoms with van der Waals surface area (Å²) in [7, 11) is 1.73. The van der Waals surface area contributed by atoms with Crippen molar-refractivity contribution in [2.75, 3.05) is 7.11 Å². The number of carbonyl (C=O) groups excluding carboxylic acids is 1. The molecule has 0 aliphatic heterocycles. The van der Waals surface area contributed by atoms with Gasteiger partial charge in [-0.1, -0.05) is 0 Å². The summed E-state index contributed by atoms with van der Waals surface area (Å²) in [5.41, 5.74) is -0.0408. The number of rotatable bonds is 5. The zero-order valence-electron chi connectivity index (χ0n) is 9.14. The normalized spacial score (nSPS) is 20.0. The highest BCUT2D eigenvalue weighted by atomic mass is 16.5. The Labute approximate surface area is 80.7 Å². The van der Waals surface area contributed by atoms with Crippen molar-refractivity contribution in [1.29, 1.82) is 0 Å². The number of hydrogen-bond donors (Lipinski definition) is 0. The summed E-state index contributed by atoms with van der Waals surface area (Å²) >= 11 is 0. The van der Waals surface area contributed by atoms with Crippen molar-refractivity contribution < 1.29 is 9.53 Å². The zero-order chi connectivity index (χ0) is 10.1. The smallest absolute Gasteiger partial charge is 0.135 e. The Hall–Kier alpha value is -0.370. The number of hydrogen-bond acceptors (Lipinski definition) is 2. The summed E-state index contributed by atoms with van der Waals surface area (Å²) in [6, 6.07) is 0. The summed E-state index contributed by atoms with van der Waals surface area (Å²) in [6.07, 6.45) is 4.14. The average Bonchev–Trinajstić information content (AvgIpc) is 2.82. The van der Waals surface area contributed by atoms with Gasteiger partial charge < -0.3 is 4.74 Å². The summed E-state index contributed by atoms with van der Waals surface area (Å²) in [5, 5.41) is 0. The van der Waals surface area contributed by atoms with E-state index in [1.165, 1.54) is 0 Å². The molecule has 0 unspecified atom stereocenters. The molecule has 1 rings (SSSR count). The molecule has 76 valence electrons. The molecule has 0 heterocycles. The van der Waals surface area contributed by atoms with E-state index in [9.17, 15) is 4.79 Å². The van der Waals surface area contributed by atoms with Gasteiger partial charge in [0.15, 0.2) is 0 Å². The van der Waals surface area contributed by atoms with Crippen LogP contribution in [0.4, 0.5) is 0 Å². The lowest BCUT2D eigenvalue weighted by molar-refractivity contribution is -0.122. The van der Waals surface area contributed by atoms with Gasteiger partial charge in [-0.2, -0.15) is 0 Å². The van der Waals surface area contributed by atoms with E-state index >= 15 is 0 Å². The lowest BCUT2D eigenvalue weighted by Crippen LogP contribution is -2.25. The first-order valence-electron chi connectivity index (χ1n) is 4.98. The molecule has 1 aliphatic carbocycles. The molecule has 2 heteroatoms. The third-order valence-electron chi connectivity index (χ3n) is 3.36. The van der Waals surface area contributed by atoms with Crippen molar-refractivity contribution in [3.8, 4) is 0 Å². The fourth-order valence-corrected chi connectivity index (χ4v) is 1.57. The Morgan fingerprint density at radius 2 is 2.00 bits per heavy atom. The molecule has 2 nitrogen and oxygen atoms in total. The summed E-state index contributed by atoms with van der Waals surface area (Å²) in [4.78, 5) is 11.3. The van der Waals surface area contributed by atoms with Gasteiger partial charge in [-0.05, 0) is 46.5 Å². The van der Waals surface area contributed by atoms with Crippen LogP contribution in [-0.2, 0) is 9.53 Å². The molecule has 1 saturated carbocycles. The van der Waals surface area contributed by atoms with Crippen molar-refractivity contribution >= 4 is 5.78 Å². The van der Waals surface area contributed by atoms with Gasteiger partial charge in [0.2, 0.25) is 0 Å². The fourth-order valence-electron chi connectivity index (χ4n) is 1.57. The lowest BCUT2D eigenvalue weighted by atomic mass is 9.90. The van der Waals surface area contributed by atoms with Gasteiger partial charge in [-0.15, -0.1) is 0 Å². The van der Waals surface area contributed by atoms with E-state index in [2.05, 4.69) is 13.8 Å². The van der Waals surface area contributed by atoms with E-state index < -0.39 is 0 Å². The summed E-state index contributed by atoms with van der Waals surface area (Å²) in [6.45, 7) is 5.86. The van der Waals surface area contributed by atoms with E-state index in [1.54, 1.807) is 14.0 Å². The van der Waals surface area contributed by atoms with Crippen LogP contribution in [0.15, 0.2) is 0 Å². The van der Waals surface area contributed by atoms with Crippen molar-refractivity contribution in [2.45, 2.75) is 52.1 Å². The van der Waals surface area contributed by atoms with E-state index in [4.69, 9.17) is 4.74 Å². The lowest BCUT2D eigenvalue weighted by Gasteiger charge is -2.24. The highest BCUT2D eigenvalue weighted by molar-refractivity contribution is 5.84. The van der Waals surface area contributed by atoms with Crippen LogP contribution in [-0.4, -0.2) is 18.5 Å². The predicted molar refractivity (Wildman–Crippen MR) is 52.7 cm³/mol. The van der Waals surface area contributed by atoms with Gasteiger partial charge in [-0.25, -0.2) is 0 Å². The van der Waals surface area contributed by atoms with Crippen LogP contribution >= 0.6 is 0 Å².